The maximum Gasteiger partial charge on any atom is 0.185 e. The topological polar surface area (TPSA) is 38.7 Å². The predicted octanol–water partition coefficient (Wildman–Crippen LogP) is 2.91. The zero-order valence-electron chi connectivity index (χ0n) is 12.3. The van der Waals surface area contributed by atoms with Crippen molar-refractivity contribution in [1.29, 1.82) is 0 Å². The Kier molecular flexibility index (Phi) is 4.19. The molecule has 0 radical (unpaired) electrons. The summed E-state index contributed by atoms with van der Waals surface area (Å²) in [5.41, 5.74) is 1.27. The van der Waals surface area contributed by atoms with E-state index >= 15 is 0 Å². The standard InChI is InChI=1S/C16H26O3/c1-12-5-6-13(11-17)15(2,3)14(12)7-8-16(4)18-9-10-19-16/h7-8,13-14,17H,1,5-6,9-11H2,2-4H3/b8-7+/t13-,14+/m1/s1. The summed E-state index contributed by atoms with van der Waals surface area (Å²) in [6, 6.07) is 0. The lowest BCUT2D eigenvalue weighted by atomic mass is 9.60. The van der Waals surface area contributed by atoms with Gasteiger partial charge in [-0.2, -0.15) is 0 Å². The minimum absolute atomic E-state index is 0.0234. The van der Waals surface area contributed by atoms with E-state index in [1.165, 1.54) is 5.57 Å². The third-order valence-corrected chi connectivity index (χ3v) is 4.78. The van der Waals surface area contributed by atoms with Crippen LogP contribution in [0.25, 0.3) is 0 Å². The molecule has 2 fully saturated rings. The van der Waals surface area contributed by atoms with E-state index in [2.05, 4.69) is 26.5 Å². The fraction of sp³-hybridized carbons (Fsp3) is 0.750. The van der Waals surface area contributed by atoms with Crippen LogP contribution in [0.2, 0.25) is 0 Å². The van der Waals surface area contributed by atoms with Gasteiger partial charge in [-0.05, 0) is 37.2 Å². The highest BCUT2D eigenvalue weighted by molar-refractivity contribution is 5.19. The summed E-state index contributed by atoms with van der Waals surface area (Å²) in [6.45, 7) is 12.1. The molecule has 1 aliphatic carbocycles. The summed E-state index contributed by atoms with van der Waals surface area (Å²) < 4.78 is 11.2. The average Bonchev–Trinajstić information content (AvgIpc) is 2.75. The van der Waals surface area contributed by atoms with Crippen molar-refractivity contribution in [3.63, 3.8) is 0 Å². The summed E-state index contributed by atoms with van der Waals surface area (Å²) in [5.74, 6) is -0.00315. The van der Waals surface area contributed by atoms with E-state index in [1.807, 2.05) is 13.0 Å². The largest absolute Gasteiger partial charge is 0.396 e. The summed E-state index contributed by atoms with van der Waals surface area (Å²) >= 11 is 0. The van der Waals surface area contributed by atoms with Crippen LogP contribution in [-0.2, 0) is 9.47 Å². The molecule has 1 saturated heterocycles. The second-order valence-electron chi connectivity index (χ2n) is 6.45. The van der Waals surface area contributed by atoms with Gasteiger partial charge < -0.3 is 14.6 Å². The van der Waals surface area contributed by atoms with Crippen LogP contribution in [0.1, 0.15) is 33.6 Å². The van der Waals surface area contributed by atoms with Gasteiger partial charge in [0.2, 0.25) is 0 Å². The van der Waals surface area contributed by atoms with Gasteiger partial charge in [0.15, 0.2) is 5.79 Å². The number of aliphatic hydroxyl groups excluding tert-OH is 1. The van der Waals surface area contributed by atoms with Gasteiger partial charge in [-0.25, -0.2) is 0 Å². The summed E-state index contributed by atoms with van der Waals surface area (Å²) in [6.07, 6.45) is 6.19. The molecule has 0 aromatic rings. The van der Waals surface area contributed by atoms with E-state index in [-0.39, 0.29) is 17.9 Å². The van der Waals surface area contributed by atoms with Crippen LogP contribution >= 0.6 is 0 Å². The molecule has 0 amide bonds. The normalized spacial score (nSPS) is 34.0. The SMILES string of the molecule is C=C1CC[C@H](CO)C(C)(C)[C@H]1/C=C/C1(C)OCCO1. The summed E-state index contributed by atoms with van der Waals surface area (Å²) in [5, 5.41) is 9.56. The maximum absolute atomic E-state index is 9.56. The van der Waals surface area contributed by atoms with Gasteiger partial charge in [0.1, 0.15) is 0 Å². The molecule has 108 valence electrons. The zero-order chi connectivity index (χ0) is 14.1. The predicted molar refractivity (Wildman–Crippen MR) is 75.7 cm³/mol. The molecule has 0 unspecified atom stereocenters. The molecule has 19 heavy (non-hydrogen) atoms. The zero-order valence-corrected chi connectivity index (χ0v) is 12.3. The van der Waals surface area contributed by atoms with Crippen molar-refractivity contribution in [2.24, 2.45) is 17.3 Å². The molecule has 0 aromatic heterocycles. The lowest BCUT2D eigenvalue weighted by molar-refractivity contribution is -0.100. The second kappa shape index (κ2) is 5.39. The molecule has 2 atom stereocenters. The molecule has 1 aliphatic heterocycles. The third-order valence-electron chi connectivity index (χ3n) is 4.78. The van der Waals surface area contributed by atoms with Crippen molar-refractivity contribution in [1.82, 2.24) is 0 Å². The number of hydrogen-bond acceptors (Lipinski definition) is 3. The van der Waals surface area contributed by atoms with Crippen LogP contribution < -0.4 is 0 Å². The smallest absolute Gasteiger partial charge is 0.185 e. The molecular formula is C16H26O3. The van der Waals surface area contributed by atoms with E-state index < -0.39 is 5.79 Å². The Morgan fingerprint density at radius 1 is 1.32 bits per heavy atom. The molecule has 1 heterocycles. The first-order chi connectivity index (χ1) is 8.89. The van der Waals surface area contributed by atoms with Crippen molar-refractivity contribution in [2.75, 3.05) is 19.8 Å². The van der Waals surface area contributed by atoms with Crippen molar-refractivity contribution >= 4 is 0 Å². The quantitative estimate of drug-likeness (QED) is 0.798. The van der Waals surface area contributed by atoms with Gasteiger partial charge in [-0.3, -0.25) is 0 Å². The van der Waals surface area contributed by atoms with Crippen LogP contribution in [0.5, 0.6) is 0 Å². The molecule has 1 N–H and O–H groups in total. The maximum atomic E-state index is 9.56. The molecule has 0 aromatic carbocycles. The van der Waals surface area contributed by atoms with Crippen LogP contribution in [-0.4, -0.2) is 30.7 Å². The Balaban J connectivity index is 2.16. The first kappa shape index (κ1) is 14.8. The van der Waals surface area contributed by atoms with E-state index in [9.17, 15) is 5.11 Å². The number of allylic oxidation sites excluding steroid dienone is 2. The molecule has 2 rings (SSSR count). The van der Waals surface area contributed by atoms with Crippen molar-refractivity contribution in [3.8, 4) is 0 Å². The minimum Gasteiger partial charge on any atom is -0.396 e. The van der Waals surface area contributed by atoms with Crippen LogP contribution in [0.3, 0.4) is 0 Å². The van der Waals surface area contributed by atoms with Gasteiger partial charge in [-0.1, -0.05) is 32.1 Å². The number of ether oxygens (including phenoxy) is 2. The highest BCUT2D eigenvalue weighted by Gasteiger charge is 2.41. The van der Waals surface area contributed by atoms with Gasteiger partial charge in [0, 0.05) is 12.5 Å². The Bertz CT molecular complexity index is 364. The fourth-order valence-electron chi connectivity index (χ4n) is 3.28. The molecule has 0 spiro atoms. The molecule has 1 saturated carbocycles. The summed E-state index contributed by atoms with van der Waals surface area (Å²) in [7, 11) is 0. The second-order valence-corrected chi connectivity index (χ2v) is 6.45. The van der Waals surface area contributed by atoms with Gasteiger partial charge in [-0.15, -0.1) is 0 Å². The van der Waals surface area contributed by atoms with Crippen LogP contribution in [0.4, 0.5) is 0 Å². The molecule has 3 heteroatoms. The van der Waals surface area contributed by atoms with Crippen molar-refractivity contribution in [2.45, 2.75) is 39.4 Å². The van der Waals surface area contributed by atoms with Gasteiger partial charge in [0.25, 0.3) is 0 Å². The van der Waals surface area contributed by atoms with Crippen molar-refractivity contribution in [3.05, 3.63) is 24.3 Å². The van der Waals surface area contributed by atoms with Gasteiger partial charge in [0.05, 0.1) is 13.2 Å². The van der Waals surface area contributed by atoms with E-state index in [1.54, 1.807) is 0 Å². The Labute approximate surface area is 116 Å². The van der Waals surface area contributed by atoms with E-state index in [0.29, 0.717) is 19.1 Å². The molecular weight excluding hydrogens is 240 g/mol. The monoisotopic (exact) mass is 266 g/mol. The van der Waals surface area contributed by atoms with Gasteiger partial charge >= 0.3 is 0 Å². The Morgan fingerprint density at radius 3 is 2.53 bits per heavy atom. The molecule has 3 nitrogen and oxygen atoms in total. The van der Waals surface area contributed by atoms with E-state index in [0.717, 1.165) is 12.8 Å². The van der Waals surface area contributed by atoms with Crippen LogP contribution in [0.15, 0.2) is 24.3 Å². The first-order valence-corrected chi connectivity index (χ1v) is 7.15. The molecule has 0 bridgehead atoms. The average molecular weight is 266 g/mol. The van der Waals surface area contributed by atoms with Crippen molar-refractivity contribution < 1.29 is 14.6 Å². The Hall–Kier alpha value is -0.640. The fourth-order valence-corrected chi connectivity index (χ4v) is 3.28. The lowest BCUT2D eigenvalue weighted by Gasteiger charge is -2.45. The Morgan fingerprint density at radius 2 is 1.95 bits per heavy atom. The number of aliphatic hydroxyl groups is 1. The first-order valence-electron chi connectivity index (χ1n) is 7.15. The summed E-state index contributed by atoms with van der Waals surface area (Å²) in [4.78, 5) is 0. The highest BCUT2D eigenvalue weighted by atomic mass is 16.7. The number of rotatable bonds is 3. The third kappa shape index (κ3) is 2.93. The lowest BCUT2D eigenvalue weighted by Crippen LogP contribution is -2.39. The van der Waals surface area contributed by atoms with E-state index in [4.69, 9.17) is 9.47 Å². The van der Waals surface area contributed by atoms with Crippen LogP contribution in [0, 0.1) is 17.3 Å². The highest BCUT2D eigenvalue weighted by Crippen LogP contribution is 2.47. The minimum atomic E-state index is -0.595. The number of hydrogen-bond donors (Lipinski definition) is 1. The molecule has 2 aliphatic rings.